The first-order chi connectivity index (χ1) is 9.82. The van der Waals surface area contributed by atoms with Crippen molar-refractivity contribution in [2.75, 3.05) is 7.05 Å². The molecule has 2 aromatic rings. The second-order valence-electron chi connectivity index (χ2n) is 4.31. The maximum atomic E-state index is 12.4. The van der Waals surface area contributed by atoms with Crippen LogP contribution in [-0.2, 0) is 16.6 Å². The van der Waals surface area contributed by atoms with Crippen LogP contribution in [0.3, 0.4) is 0 Å². The normalized spacial score (nSPS) is 11.8. The van der Waals surface area contributed by atoms with Crippen LogP contribution >= 0.6 is 22.9 Å². The second kappa shape index (κ2) is 6.15. The van der Waals surface area contributed by atoms with Crippen molar-refractivity contribution in [1.82, 2.24) is 4.31 Å². The molecule has 1 N–H and O–H groups in total. The van der Waals surface area contributed by atoms with Gasteiger partial charge in [0.2, 0.25) is 10.0 Å². The highest BCUT2D eigenvalue weighted by molar-refractivity contribution is 7.89. The van der Waals surface area contributed by atoms with Gasteiger partial charge in [0.05, 0.1) is 0 Å². The number of carboxylic acids is 1. The molecule has 21 heavy (non-hydrogen) atoms. The molecule has 0 fully saturated rings. The maximum absolute atomic E-state index is 12.4. The Morgan fingerprint density at radius 3 is 2.48 bits per heavy atom. The minimum atomic E-state index is -3.85. The van der Waals surface area contributed by atoms with Gasteiger partial charge in [-0.1, -0.05) is 23.7 Å². The monoisotopic (exact) mass is 345 g/mol. The van der Waals surface area contributed by atoms with E-state index in [9.17, 15) is 13.2 Å². The van der Waals surface area contributed by atoms with Gasteiger partial charge < -0.3 is 5.11 Å². The van der Waals surface area contributed by atoms with Crippen molar-refractivity contribution in [3.63, 3.8) is 0 Å². The number of carbonyl (C=O) groups is 1. The minimum absolute atomic E-state index is 0.133. The lowest BCUT2D eigenvalue weighted by Crippen LogP contribution is -2.27. The average molecular weight is 346 g/mol. The molecule has 112 valence electrons. The fourth-order valence-electron chi connectivity index (χ4n) is 1.76. The molecule has 0 saturated carbocycles. The third-order valence-corrected chi connectivity index (χ3v) is 5.96. The lowest BCUT2D eigenvalue weighted by Gasteiger charge is -2.17. The molecule has 0 aliphatic rings. The van der Waals surface area contributed by atoms with E-state index < -0.39 is 16.0 Å². The van der Waals surface area contributed by atoms with E-state index >= 15 is 0 Å². The van der Waals surface area contributed by atoms with E-state index in [2.05, 4.69) is 0 Å². The van der Waals surface area contributed by atoms with Crippen LogP contribution in [0.15, 0.2) is 40.6 Å². The van der Waals surface area contributed by atoms with E-state index in [0.29, 0.717) is 5.02 Å². The number of carboxylic acid groups (broad SMARTS) is 1. The first kappa shape index (κ1) is 16.0. The summed E-state index contributed by atoms with van der Waals surface area (Å²) in [6.45, 7) is 0.133. The summed E-state index contributed by atoms with van der Waals surface area (Å²) in [5.41, 5.74) is 0.762. The topological polar surface area (TPSA) is 74.7 Å². The van der Waals surface area contributed by atoms with E-state index in [1.165, 1.54) is 18.5 Å². The fourth-order valence-corrected chi connectivity index (χ4v) is 4.27. The highest BCUT2D eigenvalue weighted by atomic mass is 35.5. The van der Waals surface area contributed by atoms with Crippen LogP contribution in [0, 0.1) is 0 Å². The zero-order valence-electron chi connectivity index (χ0n) is 11.0. The number of hydrogen-bond donors (Lipinski definition) is 1. The van der Waals surface area contributed by atoms with Crippen molar-refractivity contribution in [3.05, 3.63) is 51.2 Å². The number of thiophene rings is 1. The van der Waals surface area contributed by atoms with Gasteiger partial charge in [0.15, 0.2) is 0 Å². The Bertz CT molecular complexity index is 753. The van der Waals surface area contributed by atoms with Crippen LogP contribution in [0.4, 0.5) is 0 Å². The summed E-state index contributed by atoms with van der Waals surface area (Å²) in [6.07, 6.45) is 0. The van der Waals surface area contributed by atoms with Gasteiger partial charge in [0.1, 0.15) is 9.77 Å². The molecule has 0 amide bonds. The molecular formula is C13H12ClNO4S2. The Balaban J connectivity index is 2.28. The number of benzene rings is 1. The standard InChI is InChI=1S/C13H12ClNO4S2/c1-15(8-9-2-4-10(14)5-3-9)21(18,19)11-6-7-20-12(11)13(16)17/h2-7H,8H2,1H3,(H,16,17). The molecule has 0 aliphatic heterocycles. The highest BCUT2D eigenvalue weighted by Gasteiger charge is 2.27. The van der Waals surface area contributed by atoms with Gasteiger partial charge in [-0.05, 0) is 29.1 Å². The SMILES string of the molecule is CN(Cc1ccc(Cl)cc1)S(=O)(=O)c1ccsc1C(=O)O. The Morgan fingerprint density at radius 1 is 1.29 bits per heavy atom. The molecular weight excluding hydrogens is 334 g/mol. The quantitative estimate of drug-likeness (QED) is 0.904. The molecule has 1 heterocycles. The van der Waals surface area contributed by atoms with Crippen molar-refractivity contribution in [1.29, 1.82) is 0 Å². The predicted octanol–water partition coefficient (Wildman–Crippen LogP) is 2.92. The van der Waals surface area contributed by atoms with Gasteiger partial charge in [0, 0.05) is 18.6 Å². The molecule has 0 radical (unpaired) electrons. The van der Waals surface area contributed by atoms with Crippen LogP contribution in [0.1, 0.15) is 15.2 Å². The molecule has 2 rings (SSSR count). The summed E-state index contributed by atoms with van der Waals surface area (Å²) in [7, 11) is -2.44. The van der Waals surface area contributed by atoms with Gasteiger partial charge in [0.25, 0.3) is 0 Å². The van der Waals surface area contributed by atoms with Crippen molar-refractivity contribution in [2.45, 2.75) is 11.4 Å². The molecule has 0 spiro atoms. The van der Waals surface area contributed by atoms with E-state index in [1.54, 1.807) is 24.3 Å². The van der Waals surface area contributed by atoms with Gasteiger partial charge in [-0.15, -0.1) is 11.3 Å². The summed E-state index contributed by atoms with van der Waals surface area (Å²) in [4.78, 5) is 10.7. The molecule has 8 heteroatoms. The molecule has 1 aromatic heterocycles. The summed E-state index contributed by atoms with van der Waals surface area (Å²) in [5.74, 6) is -1.25. The van der Waals surface area contributed by atoms with E-state index in [-0.39, 0.29) is 16.3 Å². The number of nitrogens with zero attached hydrogens (tertiary/aromatic N) is 1. The molecule has 0 aliphatic carbocycles. The highest BCUT2D eigenvalue weighted by Crippen LogP contribution is 2.25. The summed E-state index contributed by atoms with van der Waals surface area (Å²) >= 11 is 6.67. The van der Waals surface area contributed by atoms with Crippen LogP contribution < -0.4 is 0 Å². The first-order valence-corrected chi connectivity index (χ1v) is 8.53. The Kier molecular flexibility index (Phi) is 4.67. The zero-order chi connectivity index (χ0) is 15.6. The van der Waals surface area contributed by atoms with Crippen LogP contribution in [0.2, 0.25) is 5.02 Å². The predicted molar refractivity (Wildman–Crippen MR) is 81.4 cm³/mol. The van der Waals surface area contributed by atoms with Crippen molar-refractivity contribution < 1.29 is 18.3 Å². The average Bonchev–Trinajstić information content (AvgIpc) is 2.91. The van der Waals surface area contributed by atoms with Crippen molar-refractivity contribution in [2.24, 2.45) is 0 Å². The third kappa shape index (κ3) is 3.44. The second-order valence-corrected chi connectivity index (χ2v) is 7.67. The van der Waals surface area contributed by atoms with E-state index in [0.717, 1.165) is 21.2 Å². The summed E-state index contributed by atoms with van der Waals surface area (Å²) in [6, 6.07) is 8.09. The van der Waals surface area contributed by atoms with Crippen LogP contribution in [0.25, 0.3) is 0 Å². The van der Waals surface area contributed by atoms with Gasteiger partial charge >= 0.3 is 5.97 Å². The summed E-state index contributed by atoms with van der Waals surface area (Å²) < 4.78 is 26.0. The number of sulfonamides is 1. The molecule has 1 aromatic carbocycles. The van der Waals surface area contributed by atoms with Gasteiger partial charge in [-0.2, -0.15) is 4.31 Å². The smallest absolute Gasteiger partial charge is 0.347 e. The van der Waals surface area contributed by atoms with E-state index in [1.807, 2.05) is 0 Å². The molecule has 0 atom stereocenters. The van der Waals surface area contributed by atoms with Gasteiger partial charge in [-0.25, -0.2) is 13.2 Å². The van der Waals surface area contributed by atoms with Crippen molar-refractivity contribution >= 4 is 38.9 Å². The third-order valence-electron chi connectivity index (χ3n) is 2.83. The number of halogens is 1. The number of hydrogen-bond acceptors (Lipinski definition) is 4. The number of aromatic carboxylic acids is 1. The van der Waals surface area contributed by atoms with E-state index in [4.69, 9.17) is 16.7 Å². The first-order valence-electron chi connectivity index (χ1n) is 5.84. The lowest BCUT2D eigenvalue weighted by atomic mass is 10.2. The minimum Gasteiger partial charge on any atom is -0.477 e. The van der Waals surface area contributed by atoms with Crippen LogP contribution in [0.5, 0.6) is 0 Å². The fraction of sp³-hybridized carbons (Fsp3) is 0.154. The molecule has 0 bridgehead atoms. The van der Waals surface area contributed by atoms with Crippen molar-refractivity contribution in [3.8, 4) is 0 Å². The number of rotatable bonds is 5. The molecule has 0 unspecified atom stereocenters. The Hall–Kier alpha value is -1.41. The largest absolute Gasteiger partial charge is 0.477 e. The lowest BCUT2D eigenvalue weighted by molar-refractivity contribution is 0.0698. The maximum Gasteiger partial charge on any atom is 0.347 e. The Morgan fingerprint density at radius 2 is 1.90 bits per heavy atom. The Labute approximate surface area is 131 Å². The van der Waals surface area contributed by atoms with Gasteiger partial charge in [-0.3, -0.25) is 0 Å². The van der Waals surface area contributed by atoms with Crippen LogP contribution in [-0.4, -0.2) is 30.8 Å². The summed E-state index contributed by atoms with van der Waals surface area (Å²) in [5, 5.41) is 11.0. The molecule has 5 nitrogen and oxygen atoms in total. The molecule has 0 saturated heterocycles. The zero-order valence-corrected chi connectivity index (χ0v) is 13.4.